The van der Waals surface area contributed by atoms with Gasteiger partial charge in [-0.15, -0.1) is 0 Å². The molecule has 15 rings (SSSR count). The predicted octanol–water partition coefficient (Wildman–Crippen LogP) is 16.5. The summed E-state index contributed by atoms with van der Waals surface area (Å²) < 4.78 is 16.8. The van der Waals surface area contributed by atoms with Gasteiger partial charge in [-0.2, -0.15) is 0 Å². The maximum atomic E-state index is 7.44. The van der Waals surface area contributed by atoms with Gasteiger partial charge in [-0.05, 0) is 125 Å². The lowest BCUT2D eigenvalue weighted by Crippen LogP contribution is -2.41. The van der Waals surface area contributed by atoms with Crippen molar-refractivity contribution in [1.29, 1.82) is 0 Å². The van der Waals surface area contributed by atoms with E-state index in [4.69, 9.17) is 9.15 Å². The van der Waals surface area contributed by atoms with E-state index in [1.54, 1.807) is 0 Å². The quantitative estimate of drug-likeness (QED) is 0.167. The molecule has 0 N–H and O–H groups in total. The van der Waals surface area contributed by atoms with Crippen LogP contribution in [0.25, 0.3) is 66.4 Å². The van der Waals surface area contributed by atoms with Crippen LogP contribution in [-0.2, 0) is 11.8 Å². The number of hydrogen-bond acceptors (Lipinski definition) is 3. The van der Waals surface area contributed by atoms with Gasteiger partial charge in [0, 0.05) is 63.6 Å². The van der Waals surface area contributed by atoms with Gasteiger partial charge in [0.15, 0.2) is 0 Å². The molecular formula is C65H50N2O2. The third-order valence-electron chi connectivity index (χ3n) is 16.4. The molecule has 4 atom stereocenters. The summed E-state index contributed by atoms with van der Waals surface area (Å²) in [6, 6.07) is 63.8. The molecule has 332 valence electrons. The highest BCUT2D eigenvalue weighted by molar-refractivity contribution is 6.13. The van der Waals surface area contributed by atoms with Gasteiger partial charge >= 0.3 is 0 Å². The van der Waals surface area contributed by atoms with Gasteiger partial charge in [0.1, 0.15) is 23.2 Å². The Balaban J connectivity index is 1.04. The van der Waals surface area contributed by atoms with Gasteiger partial charge in [0.2, 0.25) is 0 Å². The second-order valence-electron chi connectivity index (χ2n) is 19.9. The number of aromatic nitrogens is 1. The second kappa shape index (κ2) is 15.1. The number of rotatable bonds is 6. The Morgan fingerprint density at radius 1 is 0.623 bits per heavy atom. The normalized spacial score (nSPS) is 20.9. The molecule has 0 bridgehead atoms. The van der Waals surface area contributed by atoms with Crippen LogP contribution in [0.1, 0.15) is 78.0 Å². The molecule has 5 aliphatic rings. The first kappa shape index (κ1) is 39.2. The van der Waals surface area contributed by atoms with Crippen LogP contribution in [0.4, 0.5) is 11.4 Å². The number of nitrogens with zero attached hydrogens (tertiary/aromatic N) is 2. The predicted molar refractivity (Wildman–Crippen MR) is 283 cm³/mol. The van der Waals surface area contributed by atoms with E-state index in [1.165, 1.54) is 93.9 Å². The molecule has 4 aliphatic carbocycles. The fourth-order valence-electron chi connectivity index (χ4n) is 13.5. The Hall–Kier alpha value is -7.82. The molecule has 0 saturated heterocycles. The average Bonchev–Trinajstić information content (AvgIpc) is 4.16. The third-order valence-corrected chi connectivity index (χ3v) is 16.4. The molecule has 0 spiro atoms. The summed E-state index contributed by atoms with van der Waals surface area (Å²) in [6.07, 6.45) is 19.0. The molecule has 1 fully saturated rings. The minimum atomic E-state index is -0.592. The summed E-state index contributed by atoms with van der Waals surface area (Å²) in [5.74, 6) is 2.52. The minimum absolute atomic E-state index is 0.0916. The molecule has 4 unspecified atom stereocenters. The van der Waals surface area contributed by atoms with Crippen LogP contribution in [0.3, 0.4) is 0 Å². The molecule has 0 radical (unpaired) electrons. The van der Waals surface area contributed by atoms with E-state index in [0.29, 0.717) is 5.92 Å². The molecule has 0 amide bonds. The van der Waals surface area contributed by atoms with Gasteiger partial charge in [-0.25, -0.2) is 0 Å². The summed E-state index contributed by atoms with van der Waals surface area (Å²) >= 11 is 0. The molecule has 1 aliphatic heterocycles. The Kier molecular flexibility index (Phi) is 8.57. The SMILES string of the molecule is C1=CC(C2(c3ccc4ccccc4c3)c3ccccc3-c3c2cc(N(c2ccc4c(c2)c2ccccc2n4-c2ccccc2)C2CCC4c5ccccc5OC4C2)c2c4c(oc32)CCC=C4)=CCC1. The van der Waals surface area contributed by atoms with E-state index >= 15 is 0 Å². The van der Waals surface area contributed by atoms with Crippen molar-refractivity contribution in [2.75, 3.05) is 4.90 Å². The van der Waals surface area contributed by atoms with Crippen molar-refractivity contribution in [3.63, 3.8) is 0 Å². The molecule has 4 heteroatoms. The Bertz CT molecular complexity index is 3850. The number of benzene rings is 8. The number of hydrogen-bond donors (Lipinski definition) is 0. The first-order valence-electron chi connectivity index (χ1n) is 25.1. The monoisotopic (exact) mass is 890 g/mol. The largest absolute Gasteiger partial charge is 0.489 e. The topological polar surface area (TPSA) is 30.5 Å². The Morgan fingerprint density at radius 3 is 2.36 bits per heavy atom. The lowest BCUT2D eigenvalue weighted by molar-refractivity contribution is 0.152. The number of furan rings is 1. The summed E-state index contributed by atoms with van der Waals surface area (Å²) in [7, 11) is 0. The summed E-state index contributed by atoms with van der Waals surface area (Å²) in [6.45, 7) is 0. The molecule has 1 saturated carbocycles. The highest BCUT2D eigenvalue weighted by Crippen LogP contribution is 2.62. The first-order chi connectivity index (χ1) is 34.2. The van der Waals surface area contributed by atoms with Crippen molar-refractivity contribution < 1.29 is 9.15 Å². The summed E-state index contributed by atoms with van der Waals surface area (Å²) in [5.41, 5.74) is 16.7. The number of ether oxygens (including phenoxy) is 1. The van der Waals surface area contributed by atoms with Crippen LogP contribution in [-0.4, -0.2) is 16.7 Å². The molecule has 2 aromatic heterocycles. The molecule has 4 nitrogen and oxygen atoms in total. The second-order valence-corrected chi connectivity index (χ2v) is 19.9. The van der Waals surface area contributed by atoms with Crippen molar-refractivity contribution in [2.24, 2.45) is 0 Å². The van der Waals surface area contributed by atoms with E-state index < -0.39 is 5.41 Å². The van der Waals surface area contributed by atoms with Crippen LogP contribution >= 0.6 is 0 Å². The standard InChI is InChI=1S/C65H50N2O2/c1-3-19-43(20-4-1)65(44-32-31-41-17-7-8-18-42(41)37-44)54-27-13-9-25-51(54)62-55(65)40-58(63-52-26-12-16-30-60(52)69-64(62)63)66(47-33-35-50-49-24-11-15-29-59(49)68-61(50)39-47)46-34-36-57-53(38-46)48-23-10-14-28-56(48)67(57)45-21-5-2-6-22-45/h2-3,5-15,17-29,31-32,34,36-38,40,47,50,61H,1,4,16,30,33,35,39H2. The third kappa shape index (κ3) is 5.63. The molecule has 69 heavy (non-hydrogen) atoms. The summed E-state index contributed by atoms with van der Waals surface area (Å²) in [5, 5.41) is 6.21. The van der Waals surface area contributed by atoms with Gasteiger partial charge in [0.25, 0.3) is 0 Å². The molecule has 8 aromatic carbocycles. The van der Waals surface area contributed by atoms with Crippen LogP contribution in [0.2, 0.25) is 0 Å². The number of anilines is 2. The van der Waals surface area contributed by atoms with E-state index in [9.17, 15) is 0 Å². The maximum absolute atomic E-state index is 7.44. The van der Waals surface area contributed by atoms with Gasteiger partial charge in [0.05, 0.1) is 27.5 Å². The number of para-hydroxylation sites is 3. The Morgan fingerprint density at radius 2 is 1.43 bits per heavy atom. The van der Waals surface area contributed by atoms with Crippen molar-refractivity contribution in [3.05, 3.63) is 233 Å². The van der Waals surface area contributed by atoms with E-state index in [0.717, 1.165) is 67.7 Å². The zero-order valence-corrected chi connectivity index (χ0v) is 38.4. The number of fused-ring (bicyclic) bond motifs is 14. The van der Waals surface area contributed by atoms with Crippen LogP contribution in [0, 0.1) is 0 Å². The smallest absolute Gasteiger partial charge is 0.145 e. The summed E-state index contributed by atoms with van der Waals surface area (Å²) in [4.78, 5) is 2.75. The lowest BCUT2D eigenvalue weighted by atomic mass is 9.65. The number of allylic oxidation sites excluding steroid dienone is 5. The first-order valence-corrected chi connectivity index (χ1v) is 25.1. The zero-order valence-electron chi connectivity index (χ0n) is 38.4. The van der Waals surface area contributed by atoms with Gasteiger partial charge in [-0.1, -0.05) is 146 Å². The lowest BCUT2D eigenvalue weighted by Gasteiger charge is -2.41. The highest BCUT2D eigenvalue weighted by Gasteiger charge is 2.50. The van der Waals surface area contributed by atoms with Gasteiger partial charge < -0.3 is 18.6 Å². The average molecular weight is 891 g/mol. The van der Waals surface area contributed by atoms with Crippen molar-refractivity contribution in [2.45, 2.75) is 68.4 Å². The highest BCUT2D eigenvalue weighted by atomic mass is 16.5. The zero-order chi connectivity index (χ0) is 45.2. The molecule has 3 heterocycles. The van der Waals surface area contributed by atoms with Crippen molar-refractivity contribution >= 4 is 61.0 Å². The van der Waals surface area contributed by atoms with E-state index in [1.807, 2.05) is 0 Å². The number of aryl methyl sites for hydroxylation is 1. The fourth-order valence-corrected chi connectivity index (χ4v) is 13.5. The van der Waals surface area contributed by atoms with Crippen LogP contribution < -0.4 is 9.64 Å². The van der Waals surface area contributed by atoms with E-state index in [2.05, 4.69) is 210 Å². The van der Waals surface area contributed by atoms with Crippen LogP contribution in [0.15, 0.2) is 204 Å². The molecular weight excluding hydrogens is 841 g/mol. The maximum Gasteiger partial charge on any atom is 0.145 e. The van der Waals surface area contributed by atoms with Gasteiger partial charge in [-0.3, -0.25) is 0 Å². The fraction of sp³-hybridized carbons (Fsp3) is 0.169. The molecule has 10 aromatic rings. The van der Waals surface area contributed by atoms with Crippen molar-refractivity contribution in [1.82, 2.24) is 4.57 Å². The van der Waals surface area contributed by atoms with Crippen molar-refractivity contribution in [3.8, 4) is 22.6 Å². The minimum Gasteiger partial charge on any atom is -0.489 e. The van der Waals surface area contributed by atoms with E-state index in [-0.39, 0.29) is 12.1 Å². The Labute approximate surface area is 402 Å². The van der Waals surface area contributed by atoms with Crippen LogP contribution in [0.5, 0.6) is 5.75 Å².